The number of carbonyl (C=O) groups excluding carboxylic acids is 1. The highest BCUT2D eigenvalue weighted by Crippen LogP contribution is 2.32. The first-order chi connectivity index (χ1) is 15.2. The summed E-state index contributed by atoms with van der Waals surface area (Å²) in [7, 11) is 0. The second kappa shape index (κ2) is 10.4. The van der Waals surface area contributed by atoms with Gasteiger partial charge in [-0.25, -0.2) is 15.0 Å². The summed E-state index contributed by atoms with van der Waals surface area (Å²) >= 11 is 1.65. The molecule has 9 heteroatoms. The molecule has 1 saturated carbocycles. The fourth-order valence-electron chi connectivity index (χ4n) is 3.71. The highest BCUT2D eigenvalue weighted by atomic mass is 32.1. The molecule has 0 unspecified atom stereocenters. The van der Waals surface area contributed by atoms with Crippen LogP contribution in [0.3, 0.4) is 0 Å². The lowest BCUT2D eigenvalue weighted by Crippen LogP contribution is -2.26. The molecule has 1 aliphatic carbocycles. The maximum absolute atomic E-state index is 10.9. The fourth-order valence-corrected chi connectivity index (χ4v) is 4.61. The van der Waals surface area contributed by atoms with Crippen molar-refractivity contribution < 1.29 is 9.53 Å². The minimum atomic E-state index is -0.0562. The van der Waals surface area contributed by atoms with Gasteiger partial charge in [0.05, 0.1) is 10.2 Å². The molecule has 0 spiro atoms. The van der Waals surface area contributed by atoms with Crippen LogP contribution in [0.1, 0.15) is 39.0 Å². The normalized spacial score (nSPS) is 14.4. The summed E-state index contributed by atoms with van der Waals surface area (Å²) < 4.78 is 7.01. The van der Waals surface area contributed by atoms with Crippen LogP contribution < -0.4 is 20.7 Å². The van der Waals surface area contributed by atoms with Gasteiger partial charge < -0.3 is 20.7 Å². The third-order valence-corrected chi connectivity index (χ3v) is 6.27. The fraction of sp³-hybridized carbons (Fsp3) is 0.455. The van der Waals surface area contributed by atoms with E-state index < -0.39 is 0 Å². The molecule has 1 amide bonds. The van der Waals surface area contributed by atoms with E-state index in [1.54, 1.807) is 17.4 Å². The van der Waals surface area contributed by atoms with Crippen molar-refractivity contribution in [3.63, 3.8) is 0 Å². The molecule has 1 aliphatic rings. The number of nitrogens with one attached hydrogen (secondary N) is 3. The van der Waals surface area contributed by atoms with Crippen LogP contribution >= 0.6 is 11.3 Å². The van der Waals surface area contributed by atoms with E-state index >= 15 is 0 Å². The van der Waals surface area contributed by atoms with Crippen LogP contribution in [0.2, 0.25) is 0 Å². The lowest BCUT2D eigenvalue weighted by molar-refractivity contribution is -0.118. The number of aromatic nitrogens is 3. The van der Waals surface area contributed by atoms with E-state index in [9.17, 15) is 4.79 Å². The summed E-state index contributed by atoms with van der Waals surface area (Å²) in [6, 6.07) is 7.60. The van der Waals surface area contributed by atoms with Crippen molar-refractivity contribution in [3.8, 4) is 11.6 Å². The van der Waals surface area contributed by atoms with Gasteiger partial charge in [-0.1, -0.05) is 30.6 Å². The molecule has 2 aromatic heterocycles. The van der Waals surface area contributed by atoms with Crippen molar-refractivity contribution in [1.82, 2.24) is 20.3 Å². The van der Waals surface area contributed by atoms with E-state index in [1.165, 1.54) is 45.4 Å². The zero-order valence-corrected chi connectivity index (χ0v) is 18.5. The van der Waals surface area contributed by atoms with Gasteiger partial charge in [0.1, 0.15) is 17.9 Å². The standard InChI is InChI=1S/C22H28N6O2S/c1-15(29)23-9-10-24-20-12-21(27-14-26-20)30-17-7-8-18-19(11-17)31-22(28-18)25-13-16-5-3-2-4-6-16/h7-8,11-12,14,16H,2-6,9-10,13H2,1H3,(H,23,29)(H,25,28)(H,24,26,27). The van der Waals surface area contributed by atoms with Crippen LogP contribution in [0.4, 0.5) is 10.9 Å². The molecule has 0 bridgehead atoms. The Morgan fingerprint density at radius 2 is 2.00 bits per heavy atom. The highest BCUT2D eigenvalue weighted by Gasteiger charge is 2.14. The molecule has 8 nitrogen and oxygen atoms in total. The van der Waals surface area contributed by atoms with E-state index in [2.05, 4.69) is 25.9 Å². The van der Waals surface area contributed by atoms with E-state index in [4.69, 9.17) is 9.72 Å². The summed E-state index contributed by atoms with van der Waals surface area (Å²) in [5.74, 6) is 2.51. The SMILES string of the molecule is CC(=O)NCCNc1cc(Oc2ccc3nc(NCC4CCCCC4)sc3c2)ncn1. The van der Waals surface area contributed by atoms with Gasteiger partial charge in [0, 0.05) is 38.7 Å². The predicted octanol–water partition coefficient (Wildman–Crippen LogP) is 4.42. The smallest absolute Gasteiger partial charge is 0.224 e. The number of hydrogen-bond acceptors (Lipinski definition) is 8. The van der Waals surface area contributed by atoms with Gasteiger partial charge in [-0.05, 0) is 30.9 Å². The Balaban J connectivity index is 1.35. The van der Waals surface area contributed by atoms with Gasteiger partial charge >= 0.3 is 0 Å². The first-order valence-corrected chi connectivity index (χ1v) is 11.6. The Hall–Kier alpha value is -2.94. The van der Waals surface area contributed by atoms with Crippen molar-refractivity contribution in [3.05, 3.63) is 30.6 Å². The number of anilines is 2. The maximum atomic E-state index is 10.9. The number of thiazole rings is 1. The van der Waals surface area contributed by atoms with Gasteiger partial charge in [0.15, 0.2) is 5.13 Å². The zero-order valence-electron chi connectivity index (χ0n) is 17.7. The molecule has 0 radical (unpaired) electrons. The predicted molar refractivity (Wildman–Crippen MR) is 124 cm³/mol. The van der Waals surface area contributed by atoms with Gasteiger partial charge in [-0.15, -0.1) is 0 Å². The Morgan fingerprint density at radius 3 is 2.84 bits per heavy atom. The van der Waals surface area contributed by atoms with Crippen LogP contribution in [0.15, 0.2) is 30.6 Å². The molecule has 1 aromatic carbocycles. The second-order valence-electron chi connectivity index (χ2n) is 7.79. The third-order valence-electron chi connectivity index (χ3n) is 5.30. The number of amides is 1. The molecule has 3 aromatic rings. The molecule has 4 rings (SSSR count). The molecule has 31 heavy (non-hydrogen) atoms. The minimum Gasteiger partial charge on any atom is -0.439 e. The van der Waals surface area contributed by atoms with E-state index in [0.717, 1.165) is 27.8 Å². The van der Waals surface area contributed by atoms with Gasteiger partial charge in [0.2, 0.25) is 11.8 Å². The summed E-state index contributed by atoms with van der Waals surface area (Å²) in [5, 5.41) is 10.4. The average molecular weight is 441 g/mol. The van der Waals surface area contributed by atoms with E-state index in [-0.39, 0.29) is 5.91 Å². The minimum absolute atomic E-state index is 0.0562. The number of ether oxygens (including phenoxy) is 1. The van der Waals surface area contributed by atoms with Crippen molar-refractivity contribution in [2.24, 2.45) is 5.92 Å². The van der Waals surface area contributed by atoms with Gasteiger partial charge in [-0.2, -0.15) is 0 Å². The first kappa shape index (κ1) is 21.3. The molecule has 164 valence electrons. The zero-order chi connectivity index (χ0) is 21.5. The van der Waals surface area contributed by atoms with E-state index in [1.807, 2.05) is 18.2 Å². The van der Waals surface area contributed by atoms with Gasteiger partial charge in [0.25, 0.3) is 0 Å². The van der Waals surface area contributed by atoms with Crippen LogP contribution in [-0.4, -0.2) is 40.5 Å². The monoisotopic (exact) mass is 440 g/mol. The van der Waals surface area contributed by atoms with Crippen molar-refractivity contribution in [2.75, 3.05) is 30.3 Å². The average Bonchev–Trinajstić information content (AvgIpc) is 3.18. The number of nitrogens with zero attached hydrogens (tertiary/aromatic N) is 3. The van der Waals surface area contributed by atoms with E-state index in [0.29, 0.717) is 30.5 Å². The molecule has 0 saturated heterocycles. The molecular weight excluding hydrogens is 412 g/mol. The van der Waals surface area contributed by atoms with Crippen LogP contribution in [0, 0.1) is 5.92 Å². The Kier molecular flexibility index (Phi) is 7.14. The topological polar surface area (TPSA) is 101 Å². The van der Waals surface area contributed by atoms with Crippen molar-refractivity contribution in [2.45, 2.75) is 39.0 Å². The summed E-state index contributed by atoms with van der Waals surface area (Å²) in [6.07, 6.45) is 8.17. The highest BCUT2D eigenvalue weighted by molar-refractivity contribution is 7.22. The summed E-state index contributed by atoms with van der Waals surface area (Å²) in [6.45, 7) is 3.59. The van der Waals surface area contributed by atoms with Crippen LogP contribution in [0.25, 0.3) is 10.2 Å². The molecular formula is C22H28N6O2S. The quantitative estimate of drug-likeness (QED) is 0.423. The first-order valence-electron chi connectivity index (χ1n) is 10.8. The number of carbonyl (C=O) groups is 1. The number of benzene rings is 1. The Labute approximate surface area is 185 Å². The van der Waals surface area contributed by atoms with Crippen LogP contribution in [-0.2, 0) is 4.79 Å². The molecule has 0 atom stereocenters. The number of rotatable bonds is 9. The third kappa shape index (κ3) is 6.27. The lowest BCUT2D eigenvalue weighted by Gasteiger charge is -2.21. The largest absolute Gasteiger partial charge is 0.439 e. The lowest BCUT2D eigenvalue weighted by atomic mass is 9.89. The maximum Gasteiger partial charge on any atom is 0.224 e. The number of fused-ring (bicyclic) bond motifs is 1. The molecule has 3 N–H and O–H groups in total. The molecule has 0 aliphatic heterocycles. The Morgan fingerprint density at radius 1 is 1.13 bits per heavy atom. The van der Waals surface area contributed by atoms with Crippen molar-refractivity contribution >= 4 is 38.4 Å². The van der Waals surface area contributed by atoms with Crippen molar-refractivity contribution in [1.29, 1.82) is 0 Å². The molecule has 1 fully saturated rings. The van der Waals surface area contributed by atoms with Crippen LogP contribution in [0.5, 0.6) is 11.6 Å². The number of hydrogen-bond donors (Lipinski definition) is 3. The summed E-state index contributed by atoms with van der Waals surface area (Å²) in [5.41, 5.74) is 0.964. The summed E-state index contributed by atoms with van der Waals surface area (Å²) in [4.78, 5) is 24.0. The Bertz CT molecular complexity index is 1020. The van der Waals surface area contributed by atoms with Gasteiger partial charge in [-0.3, -0.25) is 4.79 Å². The second-order valence-corrected chi connectivity index (χ2v) is 8.82. The molecule has 2 heterocycles.